The second kappa shape index (κ2) is 7.22. The number of nitrogens with one attached hydrogen (secondary N) is 1. The van der Waals surface area contributed by atoms with E-state index in [0.29, 0.717) is 0 Å². The maximum absolute atomic E-state index is 10.3. The summed E-state index contributed by atoms with van der Waals surface area (Å²) in [5.74, 6) is 0. The van der Waals surface area contributed by atoms with E-state index in [1.807, 2.05) is 50.6 Å². The van der Waals surface area contributed by atoms with Gasteiger partial charge in [-0.05, 0) is 32.4 Å². The SMILES string of the molecule is Cc1ccc(C(O)C(C)NCCCn2ccnc2)cc1. The highest BCUT2D eigenvalue weighted by atomic mass is 16.3. The molecule has 0 aliphatic carbocycles. The largest absolute Gasteiger partial charge is 0.387 e. The topological polar surface area (TPSA) is 50.1 Å². The highest BCUT2D eigenvalue weighted by Crippen LogP contribution is 2.17. The van der Waals surface area contributed by atoms with Gasteiger partial charge in [-0.15, -0.1) is 0 Å². The van der Waals surface area contributed by atoms with Gasteiger partial charge >= 0.3 is 0 Å². The van der Waals surface area contributed by atoms with Crippen LogP contribution in [-0.4, -0.2) is 27.2 Å². The molecule has 4 nitrogen and oxygen atoms in total. The first-order valence-corrected chi connectivity index (χ1v) is 7.10. The summed E-state index contributed by atoms with van der Waals surface area (Å²) in [7, 11) is 0. The Morgan fingerprint density at radius 3 is 2.70 bits per heavy atom. The van der Waals surface area contributed by atoms with Crippen LogP contribution in [-0.2, 0) is 6.54 Å². The molecule has 0 amide bonds. The first kappa shape index (κ1) is 14.8. The third-order valence-electron chi connectivity index (χ3n) is 3.51. The van der Waals surface area contributed by atoms with Crippen molar-refractivity contribution >= 4 is 0 Å². The van der Waals surface area contributed by atoms with Gasteiger partial charge < -0.3 is 15.0 Å². The number of hydrogen-bond donors (Lipinski definition) is 2. The van der Waals surface area contributed by atoms with Gasteiger partial charge in [-0.1, -0.05) is 29.8 Å². The molecule has 0 radical (unpaired) electrons. The van der Waals surface area contributed by atoms with Crippen molar-refractivity contribution in [1.29, 1.82) is 0 Å². The summed E-state index contributed by atoms with van der Waals surface area (Å²) in [5, 5.41) is 13.7. The van der Waals surface area contributed by atoms with Crippen LogP contribution in [0, 0.1) is 6.92 Å². The normalized spacial score (nSPS) is 14.2. The Bertz CT molecular complexity index is 493. The van der Waals surface area contributed by atoms with E-state index in [1.165, 1.54) is 5.56 Å². The third kappa shape index (κ3) is 4.18. The van der Waals surface area contributed by atoms with E-state index in [1.54, 1.807) is 6.20 Å². The van der Waals surface area contributed by atoms with Crippen molar-refractivity contribution < 1.29 is 5.11 Å². The van der Waals surface area contributed by atoms with E-state index in [2.05, 4.69) is 14.9 Å². The number of benzene rings is 1. The lowest BCUT2D eigenvalue weighted by Crippen LogP contribution is -2.33. The highest BCUT2D eigenvalue weighted by molar-refractivity contribution is 5.23. The van der Waals surface area contributed by atoms with Gasteiger partial charge in [0.1, 0.15) is 0 Å². The van der Waals surface area contributed by atoms with Crippen LogP contribution in [0.4, 0.5) is 0 Å². The predicted molar refractivity (Wildman–Crippen MR) is 80.4 cm³/mol. The fraction of sp³-hybridized carbons (Fsp3) is 0.438. The quantitative estimate of drug-likeness (QED) is 0.761. The Morgan fingerprint density at radius 2 is 2.05 bits per heavy atom. The van der Waals surface area contributed by atoms with E-state index in [9.17, 15) is 5.11 Å². The van der Waals surface area contributed by atoms with Crippen LogP contribution in [0.25, 0.3) is 0 Å². The molecule has 2 unspecified atom stereocenters. The first-order chi connectivity index (χ1) is 9.66. The molecule has 2 aromatic rings. The van der Waals surface area contributed by atoms with Gasteiger partial charge in [0.2, 0.25) is 0 Å². The van der Waals surface area contributed by atoms with Crippen LogP contribution in [0.3, 0.4) is 0 Å². The molecule has 2 atom stereocenters. The molecule has 0 saturated carbocycles. The summed E-state index contributed by atoms with van der Waals surface area (Å²) in [6.45, 7) is 5.89. The molecule has 1 aromatic carbocycles. The minimum Gasteiger partial charge on any atom is -0.387 e. The number of imidazole rings is 1. The summed E-state index contributed by atoms with van der Waals surface area (Å²) in [5.41, 5.74) is 2.17. The van der Waals surface area contributed by atoms with Crippen LogP contribution in [0.1, 0.15) is 30.6 Å². The lowest BCUT2D eigenvalue weighted by Gasteiger charge is -2.21. The molecule has 0 bridgehead atoms. The van der Waals surface area contributed by atoms with Crippen LogP contribution in [0.2, 0.25) is 0 Å². The molecule has 0 fully saturated rings. The molecule has 4 heteroatoms. The number of aryl methyl sites for hydroxylation is 2. The molecule has 0 aliphatic heterocycles. The Morgan fingerprint density at radius 1 is 1.30 bits per heavy atom. The fourth-order valence-electron chi connectivity index (χ4n) is 2.17. The lowest BCUT2D eigenvalue weighted by atomic mass is 10.0. The van der Waals surface area contributed by atoms with Crippen LogP contribution >= 0.6 is 0 Å². The highest BCUT2D eigenvalue weighted by Gasteiger charge is 2.15. The zero-order valence-corrected chi connectivity index (χ0v) is 12.2. The molecule has 2 rings (SSSR count). The van der Waals surface area contributed by atoms with Crippen molar-refractivity contribution in [3.63, 3.8) is 0 Å². The van der Waals surface area contributed by atoms with Gasteiger partial charge in [0.05, 0.1) is 12.4 Å². The first-order valence-electron chi connectivity index (χ1n) is 7.10. The van der Waals surface area contributed by atoms with Crippen molar-refractivity contribution in [3.05, 3.63) is 54.1 Å². The predicted octanol–water partition coefficient (Wildman–Crippen LogP) is 2.29. The van der Waals surface area contributed by atoms with Gasteiger partial charge in [0, 0.05) is 25.0 Å². The molecule has 0 aliphatic rings. The van der Waals surface area contributed by atoms with E-state index in [-0.39, 0.29) is 6.04 Å². The van der Waals surface area contributed by atoms with Crippen LogP contribution in [0.5, 0.6) is 0 Å². The molecule has 2 N–H and O–H groups in total. The third-order valence-corrected chi connectivity index (χ3v) is 3.51. The van der Waals surface area contributed by atoms with Gasteiger partial charge in [-0.2, -0.15) is 0 Å². The maximum atomic E-state index is 10.3. The zero-order valence-electron chi connectivity index (χ0n) is 12.2. The summed E-state index contributed by atoms with van der Waals surface area (Å²) in [6, 6.07) is 8.09. The monoisotopic (exact) mass is 273 g/mol. The van der Waals surface area contributed by atoms with Gasteiger partial charge in [-0.25, -0.2) is 4.98 Å². The summed E-state index contributed by atoms with van der Waals surface area (Å²) in [6.07, 6.45) is 6.12. The second-order valence-corrected chi connectivity index (χ2v) is 5.25. The maximum Gasteiger partial charge on any atom is 0.0945 e. The number of rotatable bonds is 7. The minimum absolute atomic E-state index is 0.0421. The Balaban J connectivity index is 1.73. The Hall–Kier alpha value is -1.65. The number of aromatic nitrogens is 2. The van der Waals surface area contributed by atoms with Gasteiger partial charge in [-0.3, -0.25) is 0 Å². The summed E-state index contributed by atoms with van der Waals surface area (Å²) >= 11 is 0. The van der Waals surface area contributed by atoms with Gasteiger partial charge in [0.25, 0.3) is 0 Å². The molecule has 0 saturated heterocycles. The fourth-order valence-corrected chi connectivity index (χ4v) is 2.17. The average Bonchev–Trinajstić information content (AvgIpc) is 2.96. The Labute approximate surface area is 120 Å². The van der Waals surface area contributed by atoms with E-state index in [4.69, 9.17) is 0 Å². The van der Waals surface area contributed by atoms with Crippen molar-refractivity contribution in [2.75, 3.05) is 6.54 Å². The molecule has 1 aromatic heterocycles. The Kier molecular flexibility index (Phi) is 5.32. The molecular formula is C16H23N3O. The number of nitrogens with zero attached hydrogens (tertiary/aromatic N) is 2. The van der Waals surface area contributed by atoms with E-state index in [0.717, 1.165) is 25.1 Å². The second-order valence-electron chi connectivity index (χ2n) is 5.25. The number of aliphatic hydroxyl groups is 1. The number of aliphatic hydroxyl groups excluding tert-OH is 1. The minimum atomic E-state index is -0.469. The van der Waals surface area contributed by atoms with Crippen LogP contribution in [0.15, 0.2) is 43.0 Å². The molecule has 20 heavy (non-hydrogen) atoms. The van der Waals surface area contributed by atoms with E-state index < -0.39 is 6.10 Å². The molecule has 1 heterocycles. The van der Waals surface area contributed by atoms with Crippen molar-refractivity contribution in [1.82, 2.24) is 14.9 Å². The van der Waals surface area contributed by atoms with Crippen molar-refractivity contribution in [2.45, 2.75) is 39.0 Å². The van der Waals surface area contributed by atoms with Crippen molar-refractivity contribution in [2.24, 2.45) is 0 Å². The zero-order chi connectivity index (χ0) is 14.4. The van der Waals surface area contributed by atoms with E-state index >= 15 is 0 Å². The smallest absolute Gasteiger partial charge is 0.0945 e. The molecule has 0 spiro atoms. The summed E-state index contributed by atoms with van der Waals surface area (Å²) in [4.78, 5) is 4.01. The number of hydrogen-bond acceptors (Lipinski definition) is 3. The molecule has 108 valence electrons. The van der Waals surface area contributed by atoms with Crippen LogP contribution < -0.4 is 5.32 Å². The summed E-state index contributed by atoms with van der Waals surface area (Å²) < 4.78 is 2.06. The average molecular weight is 273 g/mol. The van der Waals surface area contributed by atoms with Gasteiger partial charge in [0.15, 0.2) is 0 Å². The standard InChI is InChI=1S/C16H23N3O/c1-13-4-6-15(7-5-13)16(20)14(2)18-8-3-10-19-11-9-17-12-19/h4-7,9,11-12,14,16,18,20H,3,8,10H2,1-2H3. The lowest BCUT2D eigenvalue weighted by molar-refractivity contribution is 0.136. The van der Waals surface area contributed by atoms with Crippen molar-refractivity contribution in [3.8, 4) is 0 Å². The molecular weight excluding hydrogens is 250 g/mol.